The summed E-state index contributed by atoms with van der Waals surface area (Å²) >= 11 is 0. The number of ether oxygens (including phenoxy) is 2. The number of hydrogen-bond donors (Lipinski definition) is 0. The number of carbonyl (C=O) groups excluding carboxylic acids is 1. The SMILES string of the molecule is COC(=O)c1ccc([N+](=O)[O-])c(OC2CCC(C)CC2)c1. The third-order valence-electron chi connectivity index (χ3n) is 3.83. The zero-order valence-electron chi connectivity index (χ0n) is 12.2. The summed E-state index contributed by atoms with van der Waals surface area (Å²) in [6.07, 6.45) is 3.82. The highest BCUT2D eigenvalue weighted by atomic mass is 16.6. The predicted molar refractivity (Wildman–Crippen MR) is 76.5 cm³/mol. The molecule has 0 unspecified atom stereocenters. The standard InChI is InChI=1S/C15H19NO5/c1-10-3-6-12(7-4-10)21-14-9-11(15(17)20-2)5-8-13(14)16(18)19/h5,8-10,12H,3-4,6-7H2,1-2H3. The number of benzene rings is 1. The van der Waals surface area contributed by atoms with Crippen LogP contribution >= 0.6 is 0 Å². The first-order valence-electron chi connectivity index (χ1n) is 7.04. The summed E-state index contributed by atoms with van der Waals surface area (Å²) < 4.78 is 10.4. The van der Waals surface area contributed by atoms with Gasteiger partial charge in [-0.15, -0.1) is 0 Å². The summed E-state index contributed by atoms with van der Waals surface area (Å²) in [6, 6.07) is 4.05. The van der Waals surface area contributed by atoms with E-state index in [1.807, 2.05) is 0 Å². The van der Waals surface area contributed by atoms with Gasteiger partial charge in [-0.3, -0.25) is 10.1 Å². The van der Waals surface area contributed by atoms with E-state index in [1.54, 1.807) is 0 Å². The van der Waals surface area contributed by atoms with Crippen LogP contribution in [0.5, 0.6) is 5.75 Å². The summed E-state index contributed by atoms with van der Waals surface area (Å²) in [5.74, 6) is 0.274. The summed E-state index contributed by atoms with van der Waals surface area (Å²) in [5.41, 5.74) is 0.128. The Kier molecular flexibility index (Phi) is 4.77. The minimum atomic E-state index is -0.535. The second-order valence-electron chi connectivity index (χ2n) is 5.43. The van der Waals surface area contributed by atoms with Crippen molar-refractivity contribution in [3.63, 3.8) is 0 Å². The highest BCUT2D eigenvalue weighted by Crippen LogP contribution is 2.33. The van der Waals surface area contributed by atoms with Gasteiger partial charge in [-0.2, -0.15) is 0 Å². The Morgan fingerprint density at radius 3 is 2.52 bits per heavy atom. The van der Waals surface area contributed by atoms with Crippen molar-refractivity contribution in [1.29, 1.82) is 0 Å². The van der Waals surface area contributed by atoms with Crippen molar-refractivity contribution in [3.05, 3.63) is 33.9 Å². The molecule has 114 valence electrons. The number of hydrogen-bond acceptors (Lipinski definition) is 5. The van der Waals surface area contributed by atoms with Crippen molar-refractivity contribution < 1.29 is 19.2 Å². The minimum Gasteiger partial charge on any atom is -0.483 e. The third-order valence-corrected chi connectivity index (χ3v) is 3.83. The van der Waals surface area contributed by atoms with Gasteiger partial charge in [0.25, 0.3) is 0 Å². The van der Waals surface area contributed by atoms with Crippen molar-refractivity contribution in [2.75, 3.05) is 7.11 Å². The third kappa shape index (κ3) is 3.71. The molecule has 0 saturated heterocycles. The maximum atomic E-state index is 11.5. The van der Waals surface area contributed by atoms with Crippen LogP contribution < -0.4 is 4.74 Å². The van der Waals surface area contributed by atoms with Gasteiger partial charge in [-0.1, -0.05) is 6.92 Å². The van der Waals surface area contributed by atoms with Crippen LogP contribution in [0.25, 0.3) is 0 Å². The van der Waals surface area contributed by atoms with Crippen molar-refractivity contribution in [2.24, 2.45) is 5.92 Å². The van der Waals surface area contributed by atoms with E-state index in [1.165, 1.54) is 25.3 Å². The monoisotopic (exact) mass is 293 g/mol. The minimum absolute atomic E-state index is 0.0344. The summed E-state index contributed by atoms with van der Waals surface area (Å²) in [7, 11) is 1.27. The van der Waals surface area contributed by atoms with Gasteiger partial charge in [0.1, 0.15) is 0 Å². The van der Waals surface area contributed by atoms with Crippen LogP contribution in [-0.4, -0.2) is 24.1 Å². The molecule has 0 spiro atoms. The first-order chi connectivity index (χ1) is 10.0. The fourth-order valence-electron chi connectivity index (χ4n) is 2.53. The van der Waals surface area contributed by atoms with Gasteiger partial charge < -0.3 is 9.47 Å². The maximum absolute atomic E-state index is 11.5. The molecule has 6 heteroatoms. The van der Waals surface area contributed by atoms with E-state index >= 15 is 0 Å². The van der Waals surface area contributed by atoms with Gasteiger partial charge in [0, 0.05) is 12.1 Å². The van der Waals surface area contributed by atoms with Gasteiger partial charge in [0.2, 0.25) is 0 Å². The first-order valence-corrected chi connectivity index (χ1v) is 7.04. The van der Waals surface area contributed by atoms with Crippen molar-refractivity contribution in [3.8, 4) is 5.75 Å². The van der Waals surface area contributed by atoms with E-state index in [0.29, 0.717) is 5.92 Å². The van der Waals surface area contributed by atoms with E-state index in [9.17, 15) is 14.9 Å². The molecule has 6 nitrogen and oxygen atoms in total. The largest absolute Gasteiger partial charge is 0.483 e. The lowest BCUT2D eigenvalue weighted by atomic mass is 9.89. The number of nitro groups is 1. The van der Waals surface area contributed by atoms with Gasteiger partial charge >= 0.3 is 11.7 Å². The molecule has 1 aliphatic carbocycles. The zero-order valence-corrected chi connectivity index (χ0v) is 12.2. The van der Waals surface area contributed by atoms with Gasteiger partial charge in [-0.05, 0) is 37.7 Å². The molecule has 2 rings (SSSR count). The average Bonchev–Trinajstić information content (AvgIpc) is 2.48. The second-order valence-corrected chi connectivity index (χ2v) is 5.43. The normalized spacial score (nSPS) is 21.6. The lowest BCUT2D eigenvalue weighted by Crippen LogP contribution is -2.23. The van der Waals surface area contributed by atoms with Gasteiger partial charge in [0.05, 0.1) is 23.7 Å². The molecule has 0 heterocycles. The second kappa shape index (κ2) is 6.56. The van der Waals surface area contributed by atoms with Gasteiger partial charge in [0.15, 0.2) is 5.75 Å². The number of carbonyl (C=O) groups is 1. The number of nitro benzene ring substituents is 1. The van der Waals surface area contributed by atoms with Crippen LogP contribution in [0.15, 0.2) is 18.2 Å². The Bertz CT molecular complexity index is 535. The quantitative estimate of drug-likeness (QED) is 0.483. The van der Waals surface area contributed by atoms with E-state index in [-0.39, 0.29) is 23.1 Å². The number of methoxy groups -OCH3 is 1. The number of rotatable bonds is 4. The van der Waals surface area contributed by atoms with E-state index < -0.39 is 10.9 Å². The van der Waals surface area contributed by atoms with E-state index in [0.717, 1.165) is 25.7 Å². The lowest BCUT2D eigenvalue weighted by molar-refractivity contribution is -0.386. The Morgan fingerprint density at radius 2 is 1.95 bits per heavy atom. The predicted octanol–water partition coefficient (Wildman–Crippen LogP) is 3.34. The molecule has 0 atom stereocenters. The molecule has 1 aromatic rings. The fraction of sp³-hybridized carbons (Fsp3) is 0.533. The molecule has 0 N–H and O–H groups in total. The van der Waals surface area contributed by atoms with Crippen molar-refractivity contribution in [1.82, 2.24) is 0 Å². The smallest absolute Gasteiger partial charge is 0.337 e. The highest BCUT2D eigenvalue weighted by molar-refractivity contribution is 5.90. The topological polar surface area (TPSA) is 78.7 Å². The van der Waals surface area contributed by atoms with Crippen LogP contribution in [0.3, 0.4) is 0 Å². The number of nitrogens with zero attached hydrogens (tertiary/aromatic N) is 1. The van der Waals surface area contributed by atoms with Crippen LogP contribution in [0.2, 0.25) is 0 Å². The molecule has 1 aromatic carbocycles. The molecular formula is C15H19NO5. The van der Waals surface area contributed by atoms with E-state index in [4.69, 9.17) is 4.74 Å². The number of esters is 1. The summed E-state index contributed by atoms with van der Waals surface area (Å²) in [4.78, 5) is 22.1. The summed E-state index contributed by atoms with van der Waals surface area (Å²) in [5, 5.41) is 11.1. The molecule has 0 aliphatic heterocycles. The van der Waals surface area contributed by atoms with Crippen LogP contribution in [-0.2, 0) is 4.74 Å². The van der Waals surface area contributed by atoms with Crippen LogP contribution in [0, 0.1) is 16.0 Å². The molecule has 1 fully saturated rings. The lowest BCUT2D eigenvalue weighted by Gasteiger charge is -2.26. The molecule has 0 amide bonds. The van der Waals surface area contributed by atoms with Gasteiger partial charge in [-0.25, -0.2) is 4.79 Å². The molecule has 1 aliphatic rings. The Hall–Kier alpha value is -2.11. The molecular weight excluding hydrogens is 274 g/mol. The average molecular weight is 293 g/mol. The Balaban J connectivity index is 2.22. The Labute approximate surface area is 123 Å². The first kappa shape index (κ1) is 15.3. The van der Waals surface area contributed by atoms with E-state index in [2.05, 4.69) is 11.7 Å². The molecule has 0 radical (unpaired) electrons. The summed E-state index contributed by atoms with van der Waals surface area (Å²) in [6.45, 7) is 2.19. The molecule has 21 heavy (non-hydrogen) atoms. The molecule has 0 bridgehead atoms. The molecule has 0 aromatic heterocycles. The van der Waals surface area contributed by atoms with Crippen LogP contribution in [0.4, 0.5) is 5.69 Å². The maximum Gasteiger partial charge on any atom is 0.337 e. The van der Waals surface area contributed by atoms with Crippen molar-refractivity contribution in [2.45, 2.75) is 38.7 Å². The fourth-order valence-corrected chi connectivity index (χ4v) is 2.53. The van der Waals surface area contributed by atoms with Crippen molar-refractivity contribution >= 4 is 11.7 Å². The highest BCUT2D eigenvalue weighted by Gasteiger charge is 2.24. The Morgan fingerprint density at radius 1 is 1.29 bits per heavy atom. The van der Waals surface area contributed by atoms with Crippen LogP contribution in [0.1, 0.15) is 43.0 Å². The molecule has 1 saturated carbocycles. The zero-order chi connectivity index (χ0) is 15.4.